The lowest BCUT2D eigenvalue weighted by Crippen LogP contribution is -2.42. The summed E-state index contributed by atoms with van der Waals surface area (Å²) in [5, 5.41) is 0. The molecule has 0 bridgehead atoms. The molecule has 0 radical (unpaired) electrons. The molecule has 66 valence electrons. The molecule has 0 aromatic rings. The molecule has 0 aromatic heterocycles. The van der Waals surface area contributed by atoms with Gasteiger partial charge in [-0.25, -0.2) is 5.84 Å². The molecule has 0 rings (SSSR count). The van der Waals surface area contributed by atoms with E-state index >= 15 is 0 Å². The van der Waals surface area contributed by atoms with Crippen molar-refractivity contribution in [2.45, 2.75) is 13.0 Å². The molecule has 1 atom stereocenters. The van der Waals surface area contributed by atoms with Gasteiger partial charge in [0.2, 0.25) is 0 Å². The van der Waals surface area contributed by atoms with Crippen molar-refractivity contribution in [3.8, 4) is 0 Å². The van der Waals surface area contributed by atoms with Crippen molar-refractivity contribution in [3.05, 3.63) is 0 Å². The van der Waals surface area contributed by atoms with E-state index in [9.17, 15) is 4.79 Å². The lowest BCUT2D eigenvalue weighted by atomic mass is 10.3. The van der Waals surface area contributed by atoms with Crippen LogP contribution in [0.2, 0.25) is 0 Å². The van der Waals surface area contributed by atoms with Gasteiger partial charge in [-0.3, -0.25) is 10.2 Å². The van der Waals surface area contributed by atoms with E-state index in [0.717, 1.165) is 0 Å². The fraction of sp³-hybridized carbons (Fsp3) is 0.833. The van der Waals surface area contributed by atoms with E-state index in [2.05, 4.69) is 0 Å². The Balaban J connectivity index is 3.76. The summed E-state index contributed by atoms with van der Waals surface area (Å²) in [6.07, 6.45) is -0.602. The molecule has 0 aliphatic rings. The van der Waals surface area contributed by atoms with Crippen LogP contribution in [0.3, 0.4) is 0 Å². The van der Waals surface area contributed by atoms with Gasteiger partial charge in [0, 0.05) is 13.7 Å². The summed E-state index contributed by atoms with van der Waals surface area (Å²) >= 11 is 0. The lowest BCUT2D eigenvalue weighted by Gasteiger charge is -2.13. The van der Waals surface area contributed by atoms with E-state index in [-0.39, 0.29) is 12.5 Å². The van der Waals surface area contributed by atoms with Crippen molar-refractivity contribution in [1.82, 2.24) is 5.43 Å². The molecule has 0 aliphatic carbocycles. The summed E-state index contributed by atoms with van der Waals surface area (Å²) in [6.45, 7) is 2.48. The summed E-state index contributed by atoms with van der Waals surface area (Å²) < 4.78 is 9.76. The molecule has 0 heterocycles. The van der Waals surface area contributed by atoms with Gasteiger partial charge in [-0.2, -0.15) is 0 Å². The number of rotatable bonds is 5. The summed E-state index contributed by atoms with van der Waals surface area (Å²) in [7, 11) is 1.50. The molecule has 1 amide bonds. The van der Waals surface area contributed by atoms with E-state index in [1.54, 1.807) is 6.92 Å². The second-order valence-electron chi connectivity index (χ2n) is 1.91. The zero-order valence-electron chi connectivity index (χ0n) is 6.79. The Hall–Kier alpha value is -0.650. The lowest BCUT2D eigenvalue weighted by molar-refractivity contribution is -0.135. The number of nitrogens with one attached hydrogen (secondary N) is 1. The largest absolute Gasteiger partial charge is 0.381 e. The molecule has 3 N–H and O–H groups in total. The molecule has 0 spiro atoms. The van der Waals surface area contributed by atoms with E-state index in [0.29, 0.717) is 6.61 Å². The van der Waals surface area contributed by atoms with Gasteiger partial charge in [-0.05, 0) is 6.92 Å². The summed E-state index contributed by atoms with van der Waals surface area (Å²) in [4.78, 5) is 10.9. The van der Waals surface area contributed by atoms with Gasteiger partial charge in [-0.15, -0.1) is 0 Å². The minimum atomic E-state index is -0.602. The first-order valence-electron chi connectivity index (χ1n) is 3.37. The van der Waals surface area contributed by atoms with E-state index < -0.39 is 6.10 Å². The van der Waals surface area contributed by atoms with E-state index in [1.807, 2.05) is 5.43 Å². The van der Waals surface area contributed by atoms with Crippen LogP contribution < -0.4 is 11.3 Å². The number of hydrazine groups is 1. The topological polar surface area (TPSA) is 73.6 Å². The highest BCUT2D eigenvalue weighted by Gasteiger charge is 2.16. The van der Waals surface area contributed by atoms with Crippen molar-refractivity contribution in [3.63, 3.8) is 0 Å². The first-order valence-corrected chi connectivity index (χ1v) is 3.37. The van der Waals surface area contributed by atoms with Crippen LogP contribution in [0.1, 0.15) is 6.92 Å². The van der Waals surface area contributed by atoms with Crippen molar-refractivity contribution in [1.29, 1.82) is 0 Å². The van der Waals surface area contributed by atoms with Crippen LogP contribution in [0, 0.1) is 0 Å². The van der Waals surface area contributed by atoms with Crippen LogP contribution in [0.15, 0.2) is 0 Å². The number of ether oxygens (including phenoxy) is 2. The van der Waals surface area contributed by atoms with Crippen LogP contribution in [0.4, 0.5) is 0 Å². The summed E-state index contributed by atoms with van der Waals surface area (Å²) in [5.41, 5.74) is 1.99. The van der Waals surface area contributed by atoms with Gasteiger partial charge in [0.25, 0.3) is 5.91 Å². The molecule has 5 heteroatoms. The fourth-order valence-electron chi connectivity index (χ4n) is 0.645. The Kier molecular flexibility index (Phi) is 5.73. The third kappa shape index (κ3) is 3.92. The highest BCUT2D eigenvalue weighted by Crippen LogP contribution is 1.91. The number of nitrogens with two attached hydrogens (primary N) is 1. The fourth-order valence-corrected chi connectivity index (χ4v) is 0.645. The quantitative estimate of drug-likeness (QED) is 0.310. The highest BCUT2D eigenvalue weighted by molar-refractivity contribution is 5.80. The predicted molar refractivity (Wildman–Crippen MR) is 39.6 cm³/mol. The molecular formula is C6H14N2O3. The second-order valence-corrected chi connectivity index (χ2v) is 1.91. The molecule has 0 fully saturated rings. The molecule has 11 heavy (non-hydrogen) atoms. The SMILES string of the molecule is CCOC(COC)C(=O)NN. The zero-order chi connectivity index (χ0) is 8.69. The van der Waals surface area contributed by atoms with Crippen LogP contribution in [-0.2, 0) is 14.3 Å². The standard InChI is InChI=1S/C6H14N2O3/c1-3-11-5(4-10-2)6(9)8-7/h5H,3-4,7H2,1-2H3,(H,8,9). The molecular weight excluding hydrogens is 148 g/mol. The average molecular weight is 162 g/mol. The van der Waals surface area contributed by atoms with Gasteiger partial charge in [0.15, 0.2) is 6.10 Å². The maximum Gasteiger partial charge on any atom is 0.265 e. The van der Waals surface area contributed by atoms with Crippen LogP contribution in [0.5, 0.6) is 0 Å². The molecule has 0 saturated carbocycles. The molecule has 5 nitrogen and oxygen atoms in total. The molecule has 1 unspecified atom stereocenters. The number of carbonyl (C=O) groups is 1. The highest BCUT2D eigenvalue weighted by atomic mass is 16.5. The molecule has 0 aliphatic heterocycles. The molecule has 0 aromatic carbocycles. The van der Waals surface area contributed by atoms with Crippen LogP contribution >= 0.6 is 0 Å². The smallest absolute Gasteiger partial charge is 0.265 e. The molecule has 0 saturated heterocycles. The normalized spacial score (nSPS) is 12.6. The summed E-state index contributed by atoms with van der Waals surface area (Å²) in [6, 6.07) is 0. The Bertz CT molecular complexity index is 112. The maximum absolute atomic E-state index is 10.9. The van der Waals surface area contributed by atoms with Gasteiger partial charge in [-0.1, -0.05) is 0 Å². The number of hydrogen-bond donors (Lipinski definition) is 2. The van der Waals surface area contributed by atoms with Crippen molar-refractivity contribution >= 4 is 5.91 Å². The third-order valence-electron chi connectivity index (χ3n) is 1.12. The van der Waals surface area contributed by atoms with Crippen molar-refractivity contribution in [2.24, 2.45) is 5.84 Å². The van der Waals surface area contributed by atoms with Gasteiger partial charge >= 0.3 is 0 Å². The minimum Gasteiger partial charge on any atom is -0.381 e. The first kappa shape index (κ1) is 10.3. The number of methoxy groups -OCH3 is 1. The van der Waals surface area contributed by atoms with Gasteiger partial charge in [0.1, 0.15) is 0 Å². The van der Waals surface area contributed by atoms with Crippen molar-refractivity contribution < 1.29 is 14.3 Å². The summed E-state index contributed by atoms with van der Waals surface area (Å²) in [5.74, 6) is 4.53. The minimum absolute atomic E-state index is 0.219. The van der Waals surface area contributed by atoms with Gasteiger partial charge in [0.05, 0.1) is 6.61 Å². The van der Waals surface area contributed by atoms with Crippen molar-refractivity contribution in [2.75, 3.05) is 20.3 Å². The predicted octanol–water partition coefficient (Wildman–Crippen LogP) is -0.972. The second kappa shape index (κ2) is 6.09. The third-order valence-corrected chi connectivity index (χ3v) is 1.12. The average Bonchev–Trinajstić information content (AvgIpc) is 2.03. The van der Waals surface area contributed by atoms with Gasteiger partial charge < -0.3 is 9.47 Å². The first-order chi connectivity index (χ1) is 5.26. The number of amides is 1. The Morgan fingerprint density at radius 2 is 2.36 bits per heavy atom. The Morgan fingerprint density at radius 3 is 2.73 bits per heavy atom. The number of hydrogen-bond acceptors (Lipinski definition) is 4. The Morgan fingerprint density at radius 1 is 1.73 bits per heavy atom. The maximum atomic E-state index is 10.9. The number of carbonyl (C=O) groups excluding carboxylic acids is 1. The zero-order valence-corrected chi connectivity index (χ0v) is 6.79. The van der Waals surface area contributed by atoms with E-state index in [1.165, 1.54) is 7.11 Å². The van der Waals surface area contributed by atoms with Crippen LogP contribution in [-0.4, -0.2) is 32.3 Å². The van der Waals surface area contributed by atoms with Crippen LogP contribution in [0.25, 0.3) is 0 Å². The monoisotopic (exact) mass is 162 g/mol. The Labute approximate surface area is 65.8 Å². The van der Waals surface area contributed by atoms with E-state index in [4.69, 9.17) is 15.3 Å².